The Bertz CT molecular complexity index is 1230. The largest absolute Gasteiger partial charge is 0.416 e. The van der Waals surface area contributed by atoms with E-state index in [0.717, 1.165) is 5.56 Å². The lowest BCUT2D eigenvalue weighted by Gasteiger charge is -2.24. The van der Waals surface area contributed by atoms with Crippen molar-refractivity contribution in [1.82, 2.24) is 5.32 Å². The van der Waals surface area contributed by atoms with Crippen LogP contribution in [0.2, 0.25) is 0 Å². The summed E-state index contributed by atoms with van der Waals surface area (Å²) in [5.74, 6) is 0. The summed E-state index contributed by atoms with van der Waals surface area (Å²) in [5, 5.41) is 7.22. The minimum Gasteiger partial charge on any atom is -0.338 e. The first kappa shape index (κ1) is 28.4. The van der Waals surface area contributed by atoms with E-state index in [9.17, 15) is 35.9 Å². The van der Waals surface area contributed by atoms with Gasteiger partial charge in [0.15, 0.2) is 0 Å². The molecule has 0 aliphatic heterocycles. The van der Waals surface area contributed by atoms with Gasteiger partial charge >= 0.3 is 24.4 Å². The van der Waals surface area contributed by atoms with E-state index in [-0.39, 0.29) is 25.6 Å². The molecule has 6 nitrogen and oxygen atoms in total. The highest BCUT2D eigenvalue weighted by Gasteiger charge is 2.37. The Kier molecular flexibility index (Phi) is 8.87. The van der Waals surface area contributed by atoms with Crippen molar-refractivity contribution in [2.75, 3.05) is 28.6 Å². The fraction of sp³-hybridized carbons (Fsp3) is 0.231. The van der Waals surface area contributed by atoms with Gasteiger partial charge in [0.05, 0.1) is 11.1 Å². The molecule has 3 rings (SSSR count). The Morgan fingerprint density at radius 3 is 1.95 bits per heavy atom. The number of amides is 4. The van der Waals surface area contributed by atoms with E-state index in [1.54, 1.807) is 42.5 Å². The number of rotatable bonds is 7. The molecule has 0 fully saturated rings. The summed E-state index contributed by atoms with van der Waals surface area (Å²) >= 11 is 0. The number of hydrogen-bond acceptors (Lipinski definition) is 2. The zero-order valence-corrected chi connectivity index (χ0v) is 20.1. The molecule has 3 N–H and O–H groups in total. The lowest BCUT2D eigenvalue weighted by atomic mass is 10.1. The fourth-order valence-electron chi connectivity index (χ4n) is 3.49. The van der Waals surface area contributed by atoms with Crippen LogP contribution in [0.25, 0.3) is 0 Å². The van der Waals surface area contributed by atoms with Crippen LogP contribution >= 0.6 is 0 Å². The van der Waals surface area contributed by atoms with E-state index in [0.29, 0.717) is 23.5 Å². The number of nitrogens with zero attached hydrogens (tertiary/aromatic N) is 1. The van der Waals surface area contributed by atoms with Gasteiger partial charge in [0, 0.05) is 30.2 Å². The first-order valence-electron chi connectivity index (χ1n) is 11.4. The molecule has 202 valence electrons. The van der Waals surface area contributed by atoms with Crippen LogP contribution in [0.3, 0.4) is 0 Å². The number of benzene rings is 3. The van der Waals surface area contributed by atoms with Gasteiger partial charge < -0.3 is 16.0 Å². The van der Waals surface area contributed by atoms with Crippen molar-refractivity contribution in [1.29, 1.82) is 0 Å². The number of para-hydroxylation sites is 2. The van der Waals surface area contributed by atoms with Crippen LogP contribution in [0.15, 0.2) is 72.8 Å². The number of nitrogens with one attached hydrogen (secondary N) is 3. The Hall–Kier alpha value is -4.22. The van der Waals surface area contributed by atoms with Crippen LogP contribution in [0.4, 0.5) is 53.0 Å². The zero-order valence-electron chi connectivity index (χ0n) is 20.1. The molecule has 0 bridgehead atoms. The summed E-state index contributed by atoms with van der Waals surface area (Å²) < 4.78 is 78.2. The summed E-state index contributed by atoms with van der Waals surface area (Å²) in [6, 6.07) is 15.3. The lowest BCUT2D eigenvalue weighted by Crippen LogP contribution is -2.38. The topological polar surface area (TPSA) is 73.5 Å². The van der Waals surface area contributed by atoms with Crippen LogP contribution in [0.1, 0.15) is 23.1 Å². The van der Waals surface area contributed by atoms with Crippen molar-refractivity contribution in [2.45, 2.75) is 25.7 Å². The minimum absolute atomic E-state index is 0.0160. The maximum atomic E-state index is 13.0. The molecule has 0 aliphatic rings. The smallest absolute Gasteiger partial charge is 0.338 e. The number of carbonyl (C=O) groups is 2. The molecule has 12 heteroatoms. The highest BCUT2D eigenvalue weighted by Crippen LogP contribution is 2.37. The Balaban J connectivity index is 1.62. The standard InChI is InChI=1S/C26H24F6N4O2/c1-17-8-5-6-11-22(17)35-24(38)36(21-9-3-2-4-10-21)13-7-12-33-23(37)34-20-15-18(25(27,28)29)14-19(16-20)26(30,31)32/h2-6,8-11,14-16H,7,12-13H2,1H3,(H,35,38)(H2,33,34,37). The fourth-order valence-corrected chi connectivity index (χ4v) is 3.49. The molecule has 0 radical (unpaired) electrons. The third-order valence-corrected chi connectivity index (χ3v) is 5.39. The molecular formula is C26H24F6N4O2. The van der Waals surface area contributed by atoms with E-state index in [4.69, 9.17) is 0 Å². The van der Waals surface area contributed by atoms with Crippen LogP contribution in [-0.4, -0.2) is 25.2 Å². The van der Waals surface area contributed by atoms with E-state index in [1.165, 1.54) is 4.90 Å². The number of hydrogen-bond donors (Lipinski definition) is 3. The molecule has 0 saturated heterocycles. The Labute approximate surface area is 214 Å². The first-order chi connectivity index (χ1) is 17.8. The number of anilines is 3. The molecule has 0 saturated carbocycles. The summed E-state index contributed by atoms with van der Waals surface area (Å²) in [6.45, 7) is 1.98. The van der Waals surface area contributed by atoms with Gasteiger partial charge in [0.1, 0.15) is 0 Å². The summed E-state index contributed by atoms with van der Waals surface area (Å²) in [7, 11) is 0. The van der Waals surface area contributed by atoms with Crippen molar-refractivity contribution >= 4 is 29.1 Å². The average molecular weight is 538 g/mol. The van der Waals surface area contributed by atoms with E-state index in [2.05, 4.69) is 10.6 Å². The van der Waals surface area contributed by atoms with E-state index in [1.807, 2.05) is 24.4 Å². The molecular weight excluding hydrogens is 514 g/mol. The Morgan fingerprint density at radius 2 is 1.37 bits per heavy atom. The lowest BCUT2D eigenvalue weighted by molar-refractivity contribution is -0.143. The molecule has 0 aromatic heterocycles. The highest BCUT2D eigenvalue weighted by molar-refractivity contribution is 6.02. The maximum absolute atomic E-state index is 13.0. The van der Waals surface area contributed by atoms with Crippen molar-refractivity contribution in [3.05, 3.63) is 89.5 Å². The van der Waals surface area contributed by atoms with Gasteiger partial charge in [-0.1, -0.05) is 36.4 Å². The quantitative estimate of drug-likeness (QED) is 0.218. The van der Waals surface area contributed by atoms with E-state index >= 15 is 0 Å². The second-order valence-electron chi connectivity index (χ2n) is 8.26. The minimum atomic E-state index is -5.03. The first-order valence-corrected chi connectivity index (χ1v) is 11.4. The second-order valence-corrected chi connectivity index (χ2v) is 8.26. The molecule has 38 heavy (non-hydrogen) atoms. The normalized spacial score (nSPS) is 11.6. The molecule has 0 unspecified atom stereocenters. The molecule has 0 heterocycles. The SMILES string of the molecule is Cc1ccccc1NC(=O)N(CCCNC(=O)Nc1cc(C(F)(F)F)cc(C(F)(F)F)c1)c1ccccc1. The van der Waals surface area contributed by atoms with Gasteiger partial charge in [-0.3, -0.25) is 4.90 Å². The number of carbonyl (C=O) groups excluding carboxylic acids is 2. The molecule has 0 aliphatic carbocycles. The molecule has 4 amide bonds. The van der Waals surface area contributed by atoms with Crippen molar-refractivity contribution in [3.8, 4) is 0 Å². The zero-order chi connectivity index (χ0) is 27.9. The summed E-state index contributed by atoms with van der Waals surface area (Å²) in [4.78, 5) is 26.6. The summed E-state index contributed by atoms with van der Waals surface area (Å²) in [5.41, 5.74) is -1.67. The van der Waals surface area contributed by atoms with Crippen LogP contribution in [-0.2, 0) is 12.4 Å². The van der Waals surface area contributed by atoms with Gasteiger partial charge in [-0.05, 0) is 55.3 Å². The average Bonchev–Trinajstić information content (AvgIpc) is 2.84. The number of aryl methyl sites for hydroxylation is 1. The number of alkyl halides is 6. The predicted molar refractivity (Wildman–Crippen MR) is 132 cm³/mol. The monoisotopic (exact) mass is 538 g/mol. The third kappa shape index (κ3) is 7.89. The molecule has 0 atom stereocenters. The van der Waals surface area contributed by atoms with Gasteiger partial charge in [-0.15, -0.1) is 0 Å². The van der Waals surface area contributed by atoms with Gasteiger partial charge in [0.25, 0.3) is 0 Å². The van der Waals surface area contributed by atoms with Crippen molar-refractivity contribution < 1.29 is 35.9 Å². The van der Waals surface area contributed by atoms with Gasteiger partial charge in [-0.2, -0.15) is 26.3 Å². The van der Waals surface area contributed by atoms with Crippen molar-refractivity contribution in [2.24, 2.45) is 0 Å². The van der Waals surface area contributed by atoms with Crippen molar-refractivity contribution in [3.63, 3.8) is 0 Å². The maximum Gasteiger partial charge on any atom is 0.416 e. The molecule has 3 aromatic carbocycles. The van der Waals surface area contributed by atoms with Gasteiger partial charge in [-0.25, -0.2) is 9.59 Å². The van der Waals surface area contributed by atoms with Crippen LogP contribution in [0.5, 0.6) is 0 Å². The second kappa shape index (κ2) is 11.9. The highest BCUT2D eigenvalue weighted by atomic mass is 19.4. The summed E-state index contributed by atoms with van der Waals surface area (Å²) in [6.07, 6.45) is -9.83. The molecule has 3 aromatic rings. The van der Waals surface area contributed by atoms with Gasteiger partial charge in [0.2, 0.25) is 0 Å². The predicted octanol–water partition coefficient (Wildman–Crippen LogP) is 7.28. The third-order valence-electron chi connectivity index (χ3n) is 5.39. The number of halogens is 6. The molecule has 0 spiro atoms. The van der Waals surface area contributed by atoms with Crippen LogP contribution in [0, 0.1) is 6.92 Å². The van der Waals surface area contributed by atoms with E-state index < -0.39 is 41.2 Å². The van der Waals surface area contributed by atoms with Crippen LogP contribution < -0.4 is 20.9 Å². The Morgan fingerprint density at radius 1 is 0.789 bits per heavy atom. The number of urea groups is 2.